The molecule has 0 spiro atoms. The summed E-state index contributed by atoms with van der Waals surface area (Å²) in [7, 11) is 1.44. The van der Waals surface area contributed by atoms with Crippen LogP contribution < -0.4 is 0 Å². The number of rotatable bonds is 6. The Bertz CT molecular complexity index is 543. The maximum absolute atomic E-state index is 10.7. The van der Waals surface area contributed by atoms with E-state index < -0.39 is 12.1 Å². The molecule has 1 atom stereocenters. The summed E-state index contributed by atoms with van der Waals surface area (Å²) in [5, 5.41) is 20.0. The lowest BCUT2D eigenvalue weighted by atomic mass is 10.2. The third-order valence-corrected chi connectivity index (χ3v) is 2.44. The lowest BCUT2D eigenvalue weighted by Crippen LogP contribution is -2.23. The number of nitrogens with zero attached hydrogens (tertiary/aromatic N) is 6. The maximum Gasteiger partial charge on any atom is 0.306 e. The fourth-order valence-electron chi connectivity index (χ4n) is 1.54. The summed E-state index contributed by atoms with van der Waals surface area (Å²) in [6.45, 7) is 0.224. The fourth-order valence-corrected chi connectivity index (χ4v) is 1.54. The predicted molar refractivity (Wildman–Crippen MR) is 61.9 cm³/mol. The van der Waals surface area contributed by atoms with Crippen LogP contribution in [-0.2, 0) is 16.1 Å². The van der Waals surface area contributed by atoms with Gasteiger partial charge in [-0.2, -0.15) is 0 Å². The van der Waals surface area contributed by atoms with Gasteiger partial charge in [0, 0.05) is 19.5 Å². The molecule has 0 amide bonds. The standard InChI is InChI=1S/C10H12N6O3/c1-19-7(4-9(17)18)6-16-10(13-14-15-16)8-5-11-2-3-12-8/h2-3,5,7H,4,6H2,1H3,(H,17,18). The highest BCUT2D eigenvalue weighted by Crippen LogP contribution is 2.12. The lowest BCUT2D eigenvalue weighted by molar-refractivity contribution is -0.139. The van der Waals surface area contributed by atoms with Crippen molar-refractivity contribution >= 4 is 5.97 Å². The molecule has 0 aliphatic heterocycles. The maximum atomic E-state index is 10.7. The fraction of sp³-hybridized carbons (Fsp3) is 0.400. The van der Waals surface area contributed by atoms with Gasteiger partial charge >= 0.3 is 5.97 Å². The highest BCUT2D eigenvalue weighted by atomic mass is 16.5. The van der Waals surface area contributed by atoms with E-state index in [1.165, 1.54) is 24.2 Å². The van der Waals surface area contributed by atoms with Gasteiger partial charge in [-0.05, 0) is 10.4 Å². The molecule has 100 valence electrons. The summed E-state index contributed by atoms with van der Waals surface area (Å²) in [6.07, 6.45) is 3.95. The van der Waals surface area contributed by atoms with Crippen molar-refractivity contribution in [3.05, 3.63) is 18.6 Å². The smallest absolute Gasteiger partial charge is 0.306 e. The van der Waals surface area contributed by atoms with Crippen molar-refractivity contribution in [1.82, 2.24) is 30.2 Å². The third-order valence-electron chi connectivity index (χ3n) is 2.44. The minimum atomic E-state index is -0.944. The zero-order valence-corrected chi connectivity index (χ0v) is 10.2. The first kappa shape index (κ1) is 13.0. The zero-order chi connectivity index (χ0) is 13.7. The van der Waals surface area contributed by atoms with E-state index in [1.54, 1.807) is 6.20 Å². The first-order valence-electron chi connectivity index (χ1n) is 5.48. The van der Waals surface area contributed by atoms with Crippen LogP contribution in [0.15, 0.2) is 18.6 Å². The van der Waals surface area contributed by atoms with Crippen LogP contribution in [0.25, 0.3) is 11.5 Å². The summed E-state index contributed by atoms with van der Waals surface area (Å²) < 4.78 is 6.54. The molecule has 1 N–H and O–H groups in total. The van der Waals surface area contributed by atoms with E-state index >= 15 is 0 Å². The van der Waals surface area contributed by atoms with Crippen molar-refractivity contribution < 1.29 is 14.6 Å². The SMILES string of the molecule is COC(CC(=O)O)Cn1nnnc1-c1cnccn1. The van der Waals surface area contributed by atoms with Gasteiger partial charge < -0.3 is 9.84 Å². The molecule has 2 aromatic heterocycles. The van der Waals surface area contributed by atoms with Crippen LogP contribution in [0.1, 0.15) is 6.42 Å². The number of carboxylic acid groups (broad SMARTS) is 1. The van der Waals surface area contributed by atoms with Gasteiger partial charge in [-0.15, -0.1) is 5.10 Å². The van der Waals surface area contributed by atoms with Gasteiger partial charge in [0.25, 0.3) is 0 Å². The van der Waals surface area contributed by atoms with Crippen molar-refractivity contribution in [2.45, 2.75) is 19.1 Å². The van der Waals surface area contributed by atoms with Gasteiger partial charge in [-0.25, -0.2) is 9.67 Å². The molecule has 0 saturated carbocycles. The normalized spacial score (nSPS) is 12.3. The Kier molecular flexibility index (Phi) is 4.08. The predicted octanol–water partition coefficient (Wildman–Crippen LogP) is -0.380. The van der Waals surface area contributed by atoms with E-state index in [4.69, 9.17) is 9.84 Å². The molecule has 9 heteroatoms. The van der Waals surface area contributed by atoms with Crippen LogP contribution in [-0.4, -0.2) is 54.5 Å². The Morgan fingerprint density at radius 2 is 2.37 bits per heavy atom. The van der Waals surface area contributed by atoms with Gasteiger partial charge in [-0.1, -0.05) is 0 Å². The Labute approximate surface area is 108 Å². The number of carbonyl (C=O) groups is 1. The third kappa shape index (κ3) is 3.28. The highest BCUT2D eigenvalue weighted by molar-refractivity contribution is 5.67. The highest BCUT2D eigenvalue weighted by Gasteiger charge is 2.17. The number of hydrogen-bond acceptors (Lipinski definition) is 7. The molecule has 0 aromatic carbocycles. The van der Waals surface area contributed by atoms with Crippen molar-refractivity contribution in [3.63, 3.8) is 0 Å². The zero-order valence-electron chi connectivity index (χ0n) is 10.2. The number of aromatic nitrogens is 6. The molecule has 19 heavy (non-hydrogen) atoms. The van der Waals surface area contributed by atoms with Crippen LogP contribution in [0, 0.1) is 0 Å². The second-order valence-corrected chi connectivity index (χ2v) is 3.73. The molecular formula is C10H12N6O3. The van der Waals surface area contributed by atoms with Gasteiger partial charge in [-0.3, -0.25) is 9.78 Å². The molecule has 2 rings (SSSR count). The Hall–Kier alpha value is -2.42. The second-order valence-electron chi connectivity index (χ2n) is 3.73. The Balaban J connectivity index is 2.18. The number of ether oxygens (including phenoxy) is 1. The summed E-state index contributed by atoms with van der Waals surface area (Å²) in [6, 6.07) is 0. The average molecular weight is 264 g/mol. The first-order chi connectivity index (χ1) is 9.20. The van der Waals surface area contributed by atoms with Crippen LogP contribution in [0.2, 0.25) is 0 Å². The number of aliphatic carboxylic acids is 1. The van der Waals surface area contributed by atoms with Gasteiger partial charge in [0.15, 0.2) is 0 Å². The van der Waals surface area contributed by atoms with Crippen LogP contribution in [0.4, 0.5) is 0 Å². The van der Waals surface area contributed by atoms with E-state index in [1.807, 2.05) is 0 Å². The van der Waals surface area contributed by atoms with Crippen molar-refractivity contribution in [2.75, 3.05) is 7.11 Å². The van der Waals surface area contributed by atoms with Crippen molar-refractivity contribution in [1.29, 1.82) is 0 Å². The molecule has 0 bridgehead atoms. The van der Waals surface area contributed by atoms with E-state index in [-0.39, 0.29) is 13.0 Å². The van der Waals surface area contributed by atoms with Crippen molar-refractivity contribution in [2.24, 2.45) is 0 Å². The molecule has 0 aliphatic carbocycles. The molecule has 0 saturated heterocycles. The molecule has 0 aliphatic rings. The summed E-state index contributed by atoms with van der Waals surface area (Å²) >= 11 is 0. The number of methoxy groups -OCH3 is 1. The van der Waals surface area contributed by atoms with Crippen LogP contribution >= 0.6 is 0 Å². The molecule has 2 heterocycles. The van der Waals surface area contributed by atoms with Crippen molar-refractivity contribution in [3.8, 4) is 11.5 Å². The van der Waals surface area contributed by atoms with Gasteiger partial charge in [0.2, 0.25) is 5.82 Å². The topological polar surface area (TPSA) is 116 Å². The lowest BCUT2D eigenvalue weighted by Gasteiger charge is -2.13. The number of hydrogen-bond donors (Lipinski definition) is 1. The minimum absolute atomic E-state index is 0.129. The summed E-state index contributed by atoms with van der Waals surface area (Å²) in [5.74, 6) is -0.526. The Morgan fingerprint density at radius 1 is 1.53 bits per heavy atom. The molecule has 9 nitrogen and oxygen atoms in total. The van der Waals surface area contributed by atoms with E-state index in [2.05, 4.69) is 25.5 Å². The van der Waals surface area contributed by atoms with Crippen LogP contribution in [0.5, 0.6) is 0 Å². The van der Waals surface area contributed by atoms with E-state index in [0.717, 1.165) is 0 Å². The largest absolute Gasteiger partial charge is 0.481 e. The molecule has 1 unspecified atom stereocenters. The summed E-state index contributed by atoms with van der Waals surface area (Å²) in [4.78, 5) is 18.7. The van der Waals surface area contributed by atoms with E-state index in [0.29, 0.717) is 11.5 Å². The van der Waals surface area contributed by atoms with Gasteiger partial charge in [0.1, 0.15) is 5.69 Å². The molecule has 0 radical (unpaired) electrons. The molecule has 0 fully saturated rings. The average Bonchev–Trinajstić information content (AvgIpc) is 2.86. The van der Waals surface area contributed by atoms with Crippen LogP contribution in [0.3, 0.4) is 0 Å². The second kappa shape index (κ2) is 5.96. The molecule has 2 aromatic rings. The monoisotopic (exact) mass is 264 g/mol. The van der Waals surface area contributed by atoms with E-state index in [9.17, 15) is 4.79 Å². The molecular weight excluding hydrogens is 252 g/mol. The quantitative estimate of drug-likeness (QED) is 0.750. The first-order valence-corrected chi connectivity index (χ1v) is 5.48. The Morgan fingerprint density at radius 3 is 3.00 bits per heavy atom. The number of tetrazole rings is 1. The van der Waals surface area contributed by atoms with Gasteiger partial charge in [0.05, 0.1) is 25.3 Å². The summed E-state index contributed by atoms with van der Waals surface area (Å²) in [5.41, 5.74) is 0.512. The minimum Gasteiger partial charge on any atom is -0.481 e. The number of carboxylic acids is 1.